The lowest BCUT2D eigenvalue weighted by Gasteiger charge is -2.23. The van der Waals surface area contributed by atoms with Gasteiger partial charge in [0.1, 0.15) is 5.75 Å². The number of rotatable bonds is 7. The van der Waals surface area contributed by atoms with Crippen molar-refractivity contribution in [1.82, 2.24) is 9.88 Å². The quantitative estimate of drug-likeness (QED) is 0.615. The first kappa shape index (κ1) is 16.4. The maximum Gasteiger partial charge on any atom is 0.460 e. The van der Waals surface area contributed by atoms with Crippen LogP contribution >= 0.6 is 0 Å². The van der Waals surface area contributed by atoms with E-state index in [1.54, 1.807) is 6.20 Å². The summed E-state index contributed by atoms with van der Waals surface area (Å²) in [7, 11) is 0. The fourth-order valence-electron chi connectivity index (χ4n) is 2.35. The van der Waals surface area contributed by atoms with Gasteiger partial charge in [0.15, 0.2) is 0 Å². The smallest absolute Gasteiger partial charge is 0.460 e. The van der Waals surface area contributed by atoms with Gasteiger partial charge in [0.05, 0.1) is 6.61 Å². The normalized spacial score (nSPS) is 12.0. The van der Waals surface area contributed by atoms with Crippen LogP contribution in [0.15, 0.2) is 37.1 Å². The van der Waals surface area contributed by atoms with Gasteiger partial charge in [-0.1, -0.05) is 6.08 Å². The summed E-state index contributed by atoms with van der Waals surface area (Å²) in [5.41, 5.74) is 1.73. The number of ether oxygens (including phenoxy) is 1. The molecule has 0 amide bonds. The standard InChI is InChI=1S/C16H19F3N2O/c1-3-8-21(16(17,18)19)9-7-12-11-20-15-6-5-13(22-4-2)10-14(12)15/h3,5-6,10-11,20H,1,4,7-9H2,2H3. The van der Waals surface area contributed by atoms with Crippen molar-refractivity contribution in [2.75, 3.05) is 19.7 Å². The Labute approximate surface area is 127 Å². The zero-order valence-electron chi connectivity index (χ0n) is 12.4. The van der Waals surface area contributed by atoms with Crippen molar-refractivity contribution in [3.8, 4) is 5.75 Å². The van der Waals surface area contributed by atoms with E-state index in [0.717, 1.165) is 22.2 Å². The minimum Gasteiger partial charge on any atom is -0.494 e. The van der Waals surface area contributed by atoms with Crippen LogP contribution in [0.3, 0.4) is 0 Å². The molecule has 1 N–H and O–H groups in total. The molecule has 0 saturated carbocycles. The van der Waals surface area contributed by atoms with Crippen molar-refractivity contribution >= 4 is 10.9 Å². The van der Waals surface area contributed by atoms with Crippen LogP contribution in [-0.2, 0) is 6.42 Å². The van der Waals surface area contributed by atoms with Crippen molar-refractivity contribution in [1.29, 1.82) is 0 Å². The molecular weight excluding hydrogens is 293 g/mol. The van der Waals surface area contributed by atoms with Gasteiger partial charge in [-0.25, -0.2) is 4.90 Å². The van der Waals surface area contributed by atoms with Crippen LogP contribution in [0.1, 0.15) is 12.5 Å². The Balaban J connectivity index is 2.16. The minimum absolute atomic E-state index is 0.110. The second kappa shape index (κ2) is 6.87. The zero-order chi connectivity index (χ0) is 16.2. The van der Waals surface area contributed by atoms with Crippen LogP contribution in [0.4, 0.5) is 13.2 Å². The molecule has 0 spiro atoms. The molecule has 2 aromatic rings. The fraction of sp³-hybridized carbons (Fsp3) is 0.375. The molecule has 0 bridgehead atoms. The number of aromatic nitrogens is 1. The van der Waals surface area contributed by atoms with Crippen molar-refractivity contribution in [3.63, 3.8) is 0 Å². The number of H-pyrrole nitrogens is 1. The molecule has 0 aliphatic carbocycles. The van der Waals surface area contributed by atoms with Crippen LogP contribution in [0.5, 0.6) is 5.75 Å². The van der Waals surface area contributed by atoms with E-state index in [2.05, 4.69) is 11.6 Å². The third-order valence-corrected chi connectivity index (χ3v) is 3.41. The summed E-state index contributed by atoms with van der Waals surface area (Å²) in [6, 6.07) is 5.57. The summed E-state index contributed by atoms with van der Waals surface area (Å²) in [5.74, 6) is 0.717. The molecule has 1 heterocycles. The van der Waals surface area contributed by atoms with Crippen molar-refractivity contribution in [3.05, 3.63) is 42.6 Å². The summed E-state index contributed by atoms with van der Waals surface area (Å²) in [4.78, 5) is 3.53. The van der Waals surface area contributed by atoms with Crippen LogP contribution in [0.25, 0.3) is 10.9 Å². The number of fused-ring (bicyclic) bond motifs is 1. The molecule has 0 radical (unpaired) electrons. The predicted octanol–water partition coefficient (Wildman–Crippen LogP) is 4.12. The van der Waals surface area contributed by atoms with E-state index in [4.69, 9.17) is 4.74 Å². The minimum atomic E-state index is -4.35. The molecule has 1 aromatic carbocycles. The lowest BCUT2D eigenvalue weighted by atomic mass is 10.1. The number of nitrogens with one attached hydrogen (secondary N) is 1. The highest BCUT2D eigenvalue weighted by Crippen LogP contribution is 2.26. The molecule has 0 aliphatic heterocycles. The van der Waals surface area contributed by atoms with Crippen LogP contribution in [-0.4, -0.2) is 35.9 Å². The molecule has 1 aromatic heterocycles. The molecule has 6 heteroatoms. The Kier molecular flexibility index (Phi) is 5.13. The van der Waals surface area contributed by atoms with E-state index in [1.807, 2.05) is 25.1 Å². The van der Waals surface area contributed by atoms with Crippen LogP contribution in [0.2, 0.25) is 0 Å². The summed E-state index contributed by atoms with van der Waals surface area (Å²) < 4.78 is 44.0. The SMILES string of the molecule is C=CCN(CCc1c[nH]c2ccc(OCC)cc12)C(F)(F)F. The molecule has 0 atom stereocenters. The van der Waals surface area contributed by atoms with Crippen molar-refractivity contribution in [2.24, 2.45) is 0 Å². The van der Waals surface area contributed by atoms with Gasteiger partial charge >= 0.3 is 6.30 Å². The van der Waals surface area contributed by atoms with E-state index >= 15 is 0 Å². The molecule has 3 nitrogen and oxygen atoms in total. The average molecular weight is 312 g/mol. The number of nitrogens with zero attached hydrogens (tertiary/aromatic N) is 1. The van der Waals surface area contributed by atoms with E-state index < -0.39 is 6.30 Å². The lowest BCUT2D eigenvalue weighted by molar-refractivity contribution is -0.241. The molecule has 0 saturated heterocycles. The molecule has 2 rings (SSSR count). The van der Waals surface area contributed by atoms with E-state index in [0.29, 0.717) is 17.9 Å². The number of hydrogen-bond acceptors (Lipinski definition) is 2. The highest BCUT2D eigenvalue weighted by molar-refractivity contribution is 5.84. The van der Waals surface area contributed by atoms with Crippen LogP contribution < -0.4 is 4.74 Å². The Morgan fingerprint density at radius 3 is 2.77 bits per heavy atom. The Bertz CT molecular complexity index is 634. The first-order chi connectivity index (χ1) is 10.5. The third kappa shape index (κ3) is 3.82. The number of alkyl halides is 3. The summed E-state index contributed by atoms with van der Waals surface area (Å²) in [5, 5.41) is 0.895. The number of aromatic amines is 1. The number of hydrogen-bond donors (Lipinski definition) is 1. The fourth-order valence-corrected chi connectivity index (χ4v) is 2.35. The molecule has 0 unspecified atom stereocenters. The summed E-state index contributed by atoms with van der Waals surface area (Å²) in [6.45, 7) is 5.49. The van der Waals surface area contributed by atoms with Gasteiger partial charge in [0.2, 0.25) is 0 Å². The second-order valence-corrected chi connectivity index (χ2v) is 4.91. The molecular formula is C16H19F3N2O. The van der Waals surface area contributed by atoms with Gasteiger partial charge in [-0.2, -0.15) is 13.2 Å². The molecule has 22 heavy (non-hydrogen) atoms. The second-order valence-electron chi connectivity index (χ2n) is 4.91. The Morgan fingerprint density at radius 2 is 2.14 bits per heavy atom. The zero-order valence-corrected chi connectivity index (χ0v) is 12.4. The molecule has 0 aliphatic rings. The van der Waals surface area contributed by atoms with Crippen molar-refractivity contribution in [2.45, 2.75) is 19.6 Å². The Morgan fingerprint density at radius 1 is 1.36 bits per heavy atom. The highest BCUT2D eigenvalue weighted by atomic mass is 19.4. The van der Waals surface area contributed by atoms with Crippen LogP contribution in [0, 0.1) is 0 Å². The maximum absolute atomic E-state index is 12.9. The third-order valence-electron chi connectivity index (χ3n) is 3.41. The number of halogens is 3. The topological polar surface area (TPSA) is 28.3 Å². The first-order valence-electron chi connectivity index (χ1n) is 7.11. The summed E-state index contributed by atoms with van der Waals surface area (Å²) >= 11 is 0. The average Bonchev–Trinajstić information content (AvgIpc) is 2.85. The summed E-state index contributed by atoms with van der Waals surface area (Å²) in [6.07, 6.45) is -1.04. The maximum atomic E-state index is 12.9. The van der Waals surface area contributed by atoms with Crippen molar-refractivity contribution < 1.29 is 17.9 Å². The first-order valence-corrected chi connectivity index (χ1v) is 7.11. The van der Waals surface area contributed by atoms with E-state index in [1.165, 1.54) is 6.08 Å². The van der Waals surface area contributed by atoms with Gasteiger partial charge in [-0.3, -0.25) is 0 Å². The molecule has 120 valence electrons. The molecule has 0 fully saturated rings. The van der Waals surface area contributed by atoms with E-state index in [-0.39, 0.29) is 13.1 Å². The predicted molar refractivity (Wildman–Crippen MR) is 81.0 cm³/mol. The van der Waals surface area contributed by atoms with Gasteiger partial charge in [0.25, 0.3) is 0 Å². The van der Waals surface area contributed by atoms with E-state index in [9.17, 15) is 13.2 Å². The van der Waals surface area contributed by atoms with Gasteiger partial charge < -0.3 is 9.72 Å². The Hall–Kier alpha value is -1.95. The number of benzene rings is 1. The van der Waals surface area contributed by atoms with Gasteiger partial charge in [0, 0.05) is 30.2 Å². The highest BCUT2D eigenvalue weighted by Gasteiger charge is 2.35. The monoisotopic (exact) mass is 312 g/mol. The largest absolute Gasteiger partial charge is 0.494 e. The van der Waals surface area contributed by atoms with Gasteiger partial charge in [-0.15, -0.1) is 6.58 Å². The van der Waals surface area contributed by atoms with Gasteiger partial charge in [-0.05, 0) is 37.1 Å². The lowest BCUT2D eigenvalue weighted by Crippen LogP contribution is -2.39.